The van der Waals surface area contributed by atoms with Gasteiger partial charge in [0.25, 0.3) is 0 Å². The highest BCUT2D eigenvalue weighted by Crippen LogP contribution is 2.24. The molecular formula is C13H10ClN3. The number of halogens is 1. The van der Waals surface area contributed by atoms with E-state index in [2.05, 4.69) is 11.1 Å². The molecule has 3 nitrogen and oxygen atoms in total. The summed E-state index contributed by atoms with van der Waals surface area (Å²) in [5.41, 5.74) is 8.86. The van der Waals surface area contributed by atoms with E-state index in [0.29, 0.717) is 17.1 Å². The van der Waals surface area contributed by atoms with Crippen molar-refractivity contribution >= 4 is 11.6 Å². The summed E-state index contributed by atoms with van der Waals surface area (Å²) >= 11 is 5.99. The molecule has 84 valence electrons. The maximum absolute atomic E-state index is 8.82. The van der Waals surface area contributed by atoms with Crippen molar-refractivity contribution in [3.8, 4) is 17.2 Å². The number of nitriles is 1. The molecule has 0 bridgehead atoms. The SMILES string of the molecule is N#Cc1cncc(-c2ccc(Cl)c(CN)c2)c1. The Morgan fingerprint density at radius 2 is 2.06 bits per heavy atom. The maximum atomic E-state index is 8.82. The van der Waals surface area contributed by atoms with Crippen LogP contribution in [0.2, 0.25) is 5.02 Å². The molecule has 0 aliphatic carbocycles. The first-order valence-electron chi connectivity index (χ1n) is 5.08. The van der Waals surface area contributed by atoms with Gasteiger partial charge in [0.15, 0.2) is 0 Å². The average Bonchev–Trinajstić information content (AvgIpc) is 2.39. The molecule has 0 saturated heterocycles. The van der Waals surface area contributed by atoms with Crippen LogP contribution in [0.25, 0.3) is 11.1 Å². The largest absolute Gasteiger partial charge is 0.326 e. The van der Waals surface area contributed by atoms with E-state index in [1.54, 1.807) is 18.3 Å². The zero-order valence-corrected chi connectivity index (χ0v) is 9.78. The minimum absolute atomic E-state index is 0.387. The highest BCUT2D eigenvalue weighted by Gasteiger charge is 2.04. The van der Waals surface area contributed by atoms with Crippen LogP contribution < -0.4 is 5.73 Å². The minimum atomic E-state index is 0.387. The van der Waals surface area contributed by atoms with E-state index in [-0.39, 0.29) is 0 Å². The molecule has 0 amide bonds. The van der Waals surface area contributed by atoms with Crippen molar-refractivity contribution in [3.63, 3.8) is 0 Å². The molecule has 0 spiro atoms. The Morgan fingerprint density at radius 1 is 1.24 bits per heavy atom. The van der Waals surface area contributed by atoms with Crippen molar-refractivity contribution in [2.45, 2.75) is 6.54 Å². The first-order valence-corrected chi connectivity index (χ1v) is 5.46. The Labute approximate surface area is 104 Å². The van der Waals surface area contributed by atoms with Crippen LogP contribution in [-0.4, -0.2) is 4.98 Å². The summed E-state index contributed by atoms with van der Waals surface area (Å²) in [7, 11) is 0. The normalized spacial score (nSPS) is 9.94. The second-order valence-corrected chi connectivity index (χ2v) is 3.99. The van der Waals surface area contributed by atoms with Gasteiger partial charge in [0.2, 0.25) is 0 Å². The lowest BCUT2D eigenvalue weighted by Gasteiger charge is -2.06. The van der Waals surface area contributed by atoms with E-state index in [1.165, 1.54) is 6.20 Å². The molecule has 0 aliphatic rings. The Bertz CT molecular complexity index is 587. The number of nitrogens with two attached hydrogens (primary N) is 1. The van der Waals surface area contributed by atoms with E-state index in [4.69, 9.17) is 22.6 Å². The molecule has 17 heavy (non-hydrogen) atoms. The van der Waals surface area contributed by atoms with E-state index in [0.717, 1.165) is 16.7 Å². The molecule has 2 rings (SSSR count). The Morgan fingerprint density at radius 3 is 2.76 bits per heavy atom. The van der Waals surface area contributed by atoms with Gasteiger partial charge in [-0.2, -0.15) is 5.26 Å². The van der Waals surface area contributed by atoms with Gasteiger partial charge >= 0.3 is 0 Å². The fourth-order valence-corrected chi connectivity index (χ4v) is 1.76. The van der Waals surface area contributed by atoms with Gasteiger partial charge in [-0.05, 0) is 29.3 Å². The van der Waals surface area contributed by atoms with E-state index >= 15 is 0 Å². The second-order valence-electron chi connectivity index (χ2n) is 3.58. The smallest absolute Gasteiger partial charge is 0.101 e. The summed E-state index contributed by atoms with van der Waals surface area (Å²) < 4.78 is 0. The summed E-state index contributed by atoms with van der Waals surface area (Å²) in [6.45, 7) is 0.387. The van der Waals surface area contributed by atoms with Crippen molar-refractivity contribution in [2.75, 3.05) is 0 Å². The molecule has 4 heteroatoms. The molecule has 2 aromatic rings. The van der Waals surface area contributed by atoms with Crippen LogP contribution in [0.5, 0.6) is 0 Å². The molecule has 1 aromatic heterocycles. The van der Waals surface area contributed by atoms with Crippen molar-refractivity contribution in [2.24, 2.45) is 5.73 Å². The molecule has 0 saturated carbocycles. The van der Waals surface area contributed by atoms with Gasteiger partial charge in [-0.25, -0.2) is 0 Å². The molecule has 0 unspecified atom stereocenters. The first-order chi connectivity index (χ1) is 8.24. The van der Waals surface area contributed by atoms with Gasteiger partial charge in [0.1, 0.15) is 6.07 Å². The lowest BCUT2D eigenvalue weighted by molar-refractivity contribution is 1.07. The summed E-state index contributed by atoms with van der Waals surface area (Å²) in [6, 6.07) is 9.46. The number of hydrogen-bond donors (Lipinski definition) is 1. The highest BCUT2D eigenvalue weighted by molar-refractivity contribution is 6.31. The summed E-state index contributed by atoms with van der Waals surface area (Å²) in [5.74, 6) is 0. The number of rotatable bonds is 2. The molecule has 1 aromatic carbocycles. The van der Waals surface area contributed by atoms with Crippen LogP contribution in [0.15, 0.2) is 36.7 Å². The number of hydrogen-bond acceptors (Lipinski definition) is 3. The third kappa shape index (κ3) is 2.44. The first kappa shape index (κ1) is 11.6. The van der Waals surface area contributed by atoms with Crippen LogP contribution in [0.3, 0.4) is 0 Å². The third-order valence-electron chi connectivity index (χ3n) is 2.47. The van der Waals surface area contributed by atoms with Gasteiger partial charge in [-0.1, -0.05) is 17.7 Å². The molecule has 0 fully saturated rings. The summed E-state index contributed by atoms with van der Waals surface area (Å²) in [6.07, 6.45) is 3.24. The van der Waals surface area contributed by atoms with Gasteiger partial charge in [0.05, 0.1) is 5.56 Å². The van der Waals surface area contributed by atoms with Crippen molar-refractivity contribution in [1.82, 2.24) is 4.98 Å². The van der Waals surface area contributed by atoms with E-state index in [1.807, 2.05) is 12.1 Å². The fourth-order valence-electron chi connectivity index (χ4n) is 1.57. The molecular weight excluding hydrogens is 234 g/mol. The summed E-state index contributed by atoms with van der Waals surface area (Å²) in [4.78, 5) is 4.02. The lowest BCUT2D eigenvalue weighted by Crippen LogP contribution is -1.97. The molecule has 0 radical (unpaired) electrons. The van der Waals surface area contributed by atoms with Crippen molar-refractivity contribution < 1.29 is 0 Å². The van der Waals surface area contributed by atoms with Gasteiger partial charge in [-0.15, -0.1) is 0 Å². The Hall–Kier alpha value is -1.89. The lowest BCUT2D eigenvalue weighted by atomic mass is 10.0. The van der Waals surface area contributed by atoms with Gasteiger partial charge < -0.3 is 5.73 Å². The minimum Gasteiger partial charge on any atom is -0.326 e. The van der Waals surface area contributed by atoms with Gasteiger partial charge in [0, 0.05) is 29.5 Å². The average molecular weight is 244 g/mol. The highest BCUT2D eigenvalue weighted by atomic mass is 35.5. The number of nitrogens with zero attached hydrogens (tertiary/aromatic N) is 2. The van der Waals surface area contributed by atoms with Gasteiger partial charge in [-0.3, -0.25) is 4.98 Å². The molecule has 0 aliphatic heterocycles. The number of pyridine rings is 1. The van der Waals surface area contributed by atoms with Crippen LogP contribution in [0.1, 0.15) is 11.1 Å². The quantitative estimate of drug-likeness (QED) is 0.882. The zero-order chi connectivity index (χ0) is 12.3. The zero-order valence-electron chi connectivity index (χ0n) is 9.02. The van der Waals surface area contributed by atoms with Crippen LogP contribution in [-0.2, 0) is 6.54 Å². The molecule has 0 atom stereocenters. The van der Waals surface area contributed by atoms with E-state index < -0.39 is 0 Å². The van der Waals surface area contributed by atoms with Crippen LogP contribution in [0, 0.1) is 11.3 Å². The topological polar surface area (TPSA) is 62.7 Å². The van der Waals surface area contributed by atoms with Crippen LogP contribution >= 0.6 is 11.6 Å². The third-order valence-corrected chi connectivity index (χ3v) is 2.84. The van der Waals surface area contributed by atoms with Crippen LogP contribution in [0.4, 0.5) is 0 Å². The molecule has 2 N–H and O–H groups in total. The van der Waals surface area contributed by atoms with E-state index in [9.17, 15) is 0 Å². The monoisotopic (exact) mass is 243 g/mol. The summed E-state index contributed by atoms with van der Waals surface area (Å²) in [5, 5.41) is 9.48. The fraction of sp³-hybridized carbons (Fsp3) is 0.0769. The predicted octanol–water partition coefficient (Wildman–Crippen LogP) is 2.73. The maximum Gasteiger partial charge on any atom is 0.101 e. The van der Waals surface area contributed by atoms with Crippen molar-refractivity contribution in [1.29, 1.82) is 5.26 Å². The number of aromatic nitrogens is 1. The predicted molar refractivity (Wildman–Crippen MR) is 67.3 cm³/mol. The van der Waals surface area contributed by atoms with Crippen molar-refractivity contribution in [3.05, 3.63) is 52.8 Å². The second kappa shape index (κ2) is 4.96. The standard InChI is InChI=1S/C13H10ClN3/c14-13-2-1-10(4-11(13)6-16)12-3-9(5-15)7-17-8-12/h1-4,7-8H,6,16H2. The Balaban J connectivity index is 2.49. The number of benzene rings is 1. The Kier molecular flexibility index (Phi) is 3.38. The molecule has 1 heterocycles.